The number of halogens is 2. The summed E-state index contributed by atoms with van der Waals surface area (Å²) in [4.78, 5) is 2.59. The predicted molar refractivity (Wildman–Crippen MR) is 92.3 cm³/mol. The number of piperidine rings is 1. The number of hydrogen-bond acceptors (Lipinski definition) is 2. The summed E-state index contributed by atoms with van der Waals surface area (Å²) in [6.07, 6.45) is 3.90. The van der Waals surface area contributed by atoms with Crippen LogP contribution < -0.4 is 5.32 Å². The van der Waals surface area contributed by atoms with Gasteiger partial charge in [-0.1, -0.05) is 36.2 Å². The number of benzene rings is 1. The van der Waals surface area contributed by atoms with Crippen molar-refractivity contribution >= 4 is 23.2 Å². The zero-order chi connectivity index (χ0) is 15.2. The van der Waals surface area contributed by atoms with E-state index in [4.69, 9.17) is 23.2 Å². The summed E-state index contributed by atoms with van der Waals surface area (Å²) in [5, 5.41) is 4.81. The Labute approximate surface area is 138 Å². The predicted octanol–water partition coefficient (Wildman–Crippen LogP) is 4.77. The van der Waals surface area contributed by atoms with Crippen LogP contribution in [0.2, 0.25) is 10.0 Å². The van der Waals surface area contributed by atoms with E-state index in [-0.39, 0.29) is 0 Å². The van der Waals surface area contributed by atoms with Crippen molar-refractivity contribution in [2.75, 3.05) is 26.2 Å². The maximum atomic E-state index is 6.07. The fourth-order valence-electron chi connectivity index (χ4n) is 2.81. The Kier molecular flexibility index (Phi) is 6.81. The normalized spacial score (nSPS) is 18.9. The van der Waals surface area contributed by atoms with Gasteiger partial charge in [0.25, 0.3) is 0 Å². The van der Waals surface area contributed by atoms with Crippen LogP contribution in [0, 0.1) is 5.92 Å². The second-order valence-corrected chi connectivity index (χ2v) is 7.04. The molecule has 0 aliphatic carbocycles. The van der Waals surface area contributed by atoms with E-state index in [2.05, 4.69) is 24.1 Å². The van der Waals surface area contributed by atoms with Gasteiger partial charge >= 0.3 is 0 Å². The molecule has 4 heteroatoms. The molecule has 1 aliphatic heterocycles. The minimum absolute atomic E-state index is 0.307. The molecule has 1 heterocycles. The molecule has 2 rings (SSSR count). The average Bonchev–Trinajstić information content (AvgIpc) is 2.48. The first kappa shape index (κ1) is 17.1. The van der Waals surface area contributed by atoms with Crippen molar-refractivity contribution in [3.8, 4) is 0 Å². The molecule has 1 saturated heterocycles. The Morgan fingerprint density at radius 2 is 1.95 bits per heavy atom. The molecule has 1 N–H and O–H groups in total. The van der Waals surface area contributed by atoms with Crippen LogP contribution in [-0.2, 0) is 0 Å². The monoisotopic (exact) mass is 328 g/mol. The van der Waals surface area contributed by atoms with Gasteiger partial charge in [-0.15, -0.1) is 0 Å². The van der Waals surface area contributed by atoms with Gasteiger partial charge in [0, 0.05) is 6.04 Å². The summed E-state index contributed by atoms with van der Waals surface area (Å²) in [5.74, 6) is 0.911. The van der Waals surface area contributed by atoms with E-state index in [0.717, 1.165) is 12.5 Å². The summed E-state index contributed by atoms with van der Waals surface area (Å²) in [6.45, 7) is 9.30. The van der Waals surface area contributed by atoms with Crippen molar-refractivity contribution in [3.63, 3.8) is 0 Å². The van der Waals surface area contributed by atoms with Crippen LogP contribution in [0.5, 0.6) is 0 Å². The molecule has 1 aliphatic rings. The highest BCUT2D eigenvalue weighted by molar-refractivity contribution is 6.42. The highest BCUT2D eigenvalue weighted by Crippen LogP contribution is 2.25. The van der Waals surface area contributed by atoms with Gasteiger partial charge in [0.15, 0.2) is 0 Å². The molecule has 1 aromatic carbocycles. The Morgan fingerprint density at radius 1 is 1.24 bits per heavy atom. The zero-order valence-electron chi connectivity index (χ0n) is 13.0. The maximum absolute atomic E-state index is 6.07. The van der Waals surface area contributed by atoms with Crippen LogP contribution in [-0.4, -0.2) is 31.1 Å². The Balaban J connectivity index is 1.67. The van der Waals surface area contributed by atoms with Gasteiger partial charge in [0.1, 0.15) is 0 Å². The first-order chi connectivity index (χ1) is 10.1. The maximum Gasteiger partial charge on any atom is 0.0595 e. The molecule has 1 atom stereocenters. The quantitative estimate of drug-likeness (QED) is 0.757. The highest BCUT2D eigenvalue weighted by Gasteiger charge is 2.15. The van der Waals surface area contributed by atoms with Crippen LogP contribution in [0.15, 0.2) is 18.2 Å². The molecule has 0 radical (unpaired) electrons. The van der Waals surface area contributed by atoms with Crippen LogP contribution in [0.25, 0.3) is 0 Å². The molecule has 2 nitrogen and oxygen atoms in total. The molecule has 0 bridgehead atoms. The SMILES string of the molecule is CC1CCN(CCCNC(C)c2ccc(Cl)c(Cl)c2)CC1. The standard InChI is InChI=1S/C17H26Cl2N2/c1-13-6-10-21(11-7-13)9-3-8-20-14(2)15-4-5-16(18)17(19)12-15/h4-5,12-14,20H,3,6-11H2,1-2H3. The number of rotatable bonds is 6. The van der Waals surface area contributed by atoms with E-state index in [1.54, 1.807) is 0 Å². The Hall–Kier alpha value is -0.280. The zero-order valence-corrected chi connectivity index (χ0v) is 14.6. The molecular weight excluding hydrogens is 303 g/mol. The Morgan fingerprint density at radius 3 is 2.62 bits per heavy atom. The van der Waals surface area contributed by atoms with E-state index in [1.807, 2.05) is 18.2 Å². The first-order valence-corrected chi connectivity index (χ1v) is 8.72. The van der Waals surface area contributed by atoms with E-state index in [1.165, 1.54) is 44.5 Å². The highest BCUT2D eigenvalue weighted by atomic mass is 35.5. The molecule has 0 aromatic heterocycles. The lowest BCUT2D eigenvalue weighted by molar-refractivity contribution is 0.190. The fourth-order valence-corrected chi connectivity index (χ4v) is 3.11. The van der Waals surface area contributed by atoms with Crippen molar-refractivity contribution < 1.29 is 0 Å². The minimum atomic E-state index is 0.307. The summed E-state index contributed by atoms with van der Waals surface area (Å²) in [7, 11) is 0. The lowest BCUT2D eigenvalue weighted by Crippen LogP contribution is -2.35. The van der Waals surface area contributed by atoms with Crippen molar-refractivity contribution in [2.45, 2.75) is 39.2 Å². The number of hydrogen-bond donors (Lipinski definition) is 1. The molecule has 1 unspecified atom stereocenters. The molecule has 1 aromatic rings. The van der Waals surface area contributed by atoms with E-state index in [9.17, 15) is 0 Å². The van der Waals surface area contributed by atoms with E-state index >= 15 is 0 Å². The molecule has 21 heavy (non-hydrogen) atoms. The van der Waals surface area contributed by atoms with Crippen molar-refractivity contribution in [1.29, 1.82) is 0 Å². The van der Waals surface area contributed by atoms with Crippen LogP contribution in [0.1, 0.15) is 44.7 Å². The van der Waals surface area contributed by atoms with Gasteiger partial charge in [-0.25, -0.2) is 0 Å². The van der Waals surface area contributed by atoms with Gasteiger partial charge in [0.05, 0.1) is 10.0 Å². The van der Waals surface area contributed by atoms with Crippen LogP contribution >= 0.6 is 23.2 Å². The van der Waals surface area contributed by atoms with Crippen molar-refractivity contribution in [3.05, 3.63) is 33.8 Å². The van der Waals surface area contributed by atoms with Crippen LogP contribution in [0.4, 0.5) is 0 Å². The summed E-state index contributed by atoms with van der Waals surface area (Å²) < 4.78 is 0. The van der Waals surface area contributed by atoms with E-state index < -0.39 is 0 Å². The summed E-state index contributed by atoms with van der Waals surface area (Å²) >= 11 is 12.0. The molecular formula is C17H26Cl2N2. The van der Waals surface area contributed by atoms with Crippen LogP contribution in [0.3, 0.4) is 0 Å². The van der Waals surface area contributed by atoms with Crippen molar-refractivity contribution in [2.24, 2.45) is 5.92 Å². The number of nitrogens with zero attached hydrogens (tertiary/aromatic N) is 1. The minimum Gasteiger partial charge on any atom is -0.310 e. The second-order valence-electron chi connectivity index (χ2n) is 6.23. The van der Waals surface area contributed by atoms with Gasteiger partial charge < -0.3 is 10.2 Å². The summed E-state index contributed by atoms with van der Waals surface area (Å²) in [6, 6.07) is 6.17. The lowest BCUT2D eigenvalue weighted by Gasteiger charge is -2.30. The van der Waals surface area contributed by atoms with Gasteiger partial charge in [-0.2, -0.15) is 0 Å². The lowest BCUT2D eigenvalue weighted by atomic mass is 9.99. The third kappa shape index (κ3) is 5.45. The molecule has 118 valence electrons. The van der Waals surface area contributed by atoms with E-state index in [0.29, 0.717) is 16.1 Å². The fraction of sp³-hybridized carbons (Fsp3) is 0.647. The Bertz CT molecular complexity index is 442. The molecule has 1 fully saturated rings. The topological polar surface area (TPSA) is 15.3 Å². The first-order valence-electron chi connectivity index (χ1n) is 7.97. The smallest absolute Gasteiger partial charge is 0.0595 e. The van der Waals surface area contributed by atoms with Gasteiger partial charge in [0.2, 0.25) is 0 Å². The van der Waals surface area contributed by atoms with Gasteiger partial charge in [-0.05, 0) is 76.0 Å². The third-order valence-electron chi connectivity index (χ3n) is 4.42. The number of nitrogens with one attached hydrogen (secondary N) is 1. The molecule has 0 amide bonds. The molecule has 0 saturated carbocycles. The average molecular weight is 329 g/mol. The second kappa shape index (κ2) is 8.38. The molecule has 0 spiro atoms. The largest absolute Gasteiger partial charge is 0.310 e. The third-order valence-corrected chi connectivity index (χ3v) is 5.16. The van der Waals surface area contributed by atoms with Crippen molar-refractivity contribution in [1.82, 2.24) is 10.2 Å². The van der Waals surface area contributed by atoms with Gasteiger partial charge in [-0.3, -0.25) is 0 Å². The summed E-state index contributed by atoms with van der Waals surface area (Å²) in [5.41, 5.74) is 1.19. The number of likely N-dealkylation sites (tertiary alicyclic amines) is 1.